The average molecular weight is 471 g/mol. The first kappa shape index (κ1) is 23.3. The molecule has 2 heterocycles. The lowest BCUT2D eigenvalue weighted by atomic mass is 9.96. The van der Waals surface area contributed by atoms with Crippen LogP contribution in [0, 0.1) is 0 Å². The number of sulfonamides is 1. The first-order valence-electron chi connectivity index (χ1n) is 11.2. The predicted octanol–water partition coefficient (Wildman–Crippen LogP) is 2.00. The van der Waals surface area contributed by atoms with E-state index in [2.05, 4.69) is 10.2 Å². The summed E-state index contributed by atoms with van der Waals surface area (Å²) in [5.41, 5.74) is 2.39. The van der Waals surface area contributed by atoms with Crippen LogP contribution in [0.15, 0.2) is 53.4 Å². The maximum atomic E-state index is 13.4. The molecular formula is C24H30N4O4S. The van der Waals surface area contributed by atoms with Gasteiger partial charge < -0.3 is 10.2 Å². The number of benzene rings is 2. The number of nitrogens with one attached hydrogen (secondary N) is 1. The number of carbonyl (C=O) groups is 2. The van der Waals surface area contributed by atoms with Crippen molar-refractivity contribution in [3.63, 3.8) is 0 Å². The van der Waals surface area contributed by atoms with Crippen molar-refractivity contribution in [3.05, 3.63) is 54.1 Å². The van der Waals surface area contributed by atoms with Gasteiger partial charge in [0.25, 0.3) is 0 Å². The summed E-state index contributed by atoms with van der Waals surface area (Å²) < 4.78 is 26.6. The predicted molar refractivity (Wildman–Crippen MR) is 128 cm³/mol. The normalized spacial score (nSPS) is 18.2. The van der Waals surface area contributed by atoms with E-state index < -0.39 is 10.0 Å². The molecule has 2 aliphatic heterocycles. The molecule has 9 heteroatoms. The number of amides is 2. The second kappa shape index (κ2) is 9.52. The van der Waals surface area contributed by atoms with Crippen molar-refractivity contribution in [3.8, 4) is 0 Å². The van der Waals surface area contributed by atoms with Crippen LogP contribution in [-0.2, 0) is 26.0 Å². The number of piperidine rings is 1. The highest BCUT2D eigenvalue weighted by atomic mass is 32.2. The minimum absolute atomic E-state index is 0.101. The molecule has 1 atom stereocenters. The maximum absolute atomic E-state index is 13.4. The highest BCUT2D eigenvalue weighted by Gasteiger charge is 2.40. The Balaban J connectivity index is 1.58. The van der Waals surface area contributed by atoms with E-state index >= 15 is 0 Å². The Morgan fingerprint density at radius 2 is 1.85 bits per heavy atom. The molecule has 0 radical (unpaired) electrons. The molecule has 8 nitrogen and oxygen atoms in total. The summed E-state index contributed by atoms with van der Waals surface area (Å²) >= 11 is 0. The number of nitrogens with zero attached hydrogens (tertiary/aromatic N) is 3. The Bertz CT molecular complexity index is 1130. The first-order chi connectivity index (χ1) is 15.8. The number of hydrogen-bond acceptors (Lipinski definition) is 5. The fourth-order valence-corrected chi connectivity index (χ4v) is 5.38. The smallest absolute Gasteiger partial charge is 0.250 e. The minimum Gasteiger partial charge on any atom is -0.358 e. The summed E-state index contributed by atoms with van der Waals surface area (Å²) in [6.45, 7) is 1.05. The zero-order chi connectivity index (χ0) is 23.6. The summed E-state index contributed by atoms with van der Waals surface area (Å²) in [5.74, 6) is -0.421. The van der Waals surface area contributed by atoms with Gasteiger partial charge in [-0.25, -0.2) is 12.7 Å². The Morgan fingerprint density at radius 1 is 1.09 bits per heavy atom. The molecule has 0 spiro atoms. The highest BCUT2D eigenvalue weighted by molar-refractivity contribution is 7.89. The molecule has 1 fully saturated rings. The minimum atomic E-state index is -3.68. The Hall–Kier alpha value is -2.91. The number of carbonyl (C=O) groups excluding carboxylic acids is 2. The van der Waals surface area contributed by atoms with Crippen LogP contribution in [0.25, 0.3) is 0 Å². The summed E-state index contributed by atoms with van der Waals surface area (Å²) in [4.78, 5) is 29.8. The number of hydrogen-bond donors (Lipinski definition) is 1. The van der Waals surface area contributed by atoms with Crippen LogP contribution in [0.2, 0.25) is 0 Å². The van der Waals surface area contributed by atoms with E-state index in [-0.39, 0.29) is 29.3 Å². The Morgan fingerprint density at radius 3 is 2.58 bits per heavy atom. The van der Waals surface area contributed by atoms with E-state index in [9.17, 15) is 18.0 Å². The third-order valence-electron chi connectivity index (χ3n) is 6.26. The van der Waals surface area contributed by atoms with E-state index in [0.29, 0.717) is 18.7 Å². The molecule has 2 aliphatic rings. The van der Waals surface area contributed by atoms with Crippen molar-refractivity contribution in [1.82, 2.24) is 9.62 Å². The lowest BCUT2D eigenvalue weighted by Crippen LogP contribution is -2.57. The zero-order valence-electron chi connectivity index (χ0n) is 19.0. The van der Waals surface area contributed by atoms with Crippen LogP contribution < -0.4 is 15.1 Å². The van der Waals surface area contributed by atoms with Gasteiger partial charge in [-0.15, -0.1) is 0 Å². The van der Waals surface area contributed by atoms with Crippen molar-refractivity contribution < 1.29 is 18.0 Å². The molecule has 0 bridgehead atoms. The largest absolute Gasteiger partial charge is 0.358 e. The lowest BCUT2D eigenvalue weighted by Gasteiger charge is -2.45. The molecule has 2 aromatic rings. The van der Waals surface area contributed by atoms with Crippen molar-refractivity contribution in [2.24, 2.45) is 0 Å². The van der Waals surface area contributed by atoms with E-state index in [1.54, 1.807) is 12.1 Å². The fourth-order valence-electron chi connectivity index (χ4n) is 4.46. The van der Waals surface area contributed by atoms with Gasteiger partial charge in [-0.3, -0.25) is 14.5 Å². The molecule has 1 N–H and O–H groups in total. The average Bonchev–Trinajstić information content (AvgIpc) is 2.82. The molecular weight excluding hydrogens is 440 g/mol. The zero-order valence-corrected chi connectivity index (χ0v) is 19.8. The van der Waals surface area contributed by atoms with Gasteiger partial charge in [0.15, 0.2) is 0 Å². The number of fused-ring (bicyclic) bond motifs is 3. The lowest BCUT2D eigenvalue weighted by molar-refractivity contribution is -0.124. The van der Waals surface area contributed by atoms with Gasteiger partial charge in [-0.2, -0.15) is 0 Å². The maximum Gasteiger partial charge on any atom is 0.250 e. The third-order valence-corrected chi connectivity index (χ3v) is 8.07. The van der Waals surface area contributed by atoms with Crippen LogP contribution in [0.5, 0.6) is 0 Å². The summed E-state index contributed by atoms with van der Waals surface area (Å²) in [5, 5.41) is 2.89. The molecule has 0 aromatic heterocycles. The van der Waals surface area contributed by atoms with E-state index in [1.807, 2.05) is 30.3 Å². The van der Waals surface area contributed by atoms with Crippen molar-refractivity contribution in [2.75, 3.05) is 43.5 Å². The van der Waals surface area contributed by atoms with Crippen LogP contribution in [-0.4, -0.2) is 64.3 Å². The van der Waals surface area contributed by atoms with Gasteiger partial charge in [0.05, 0.1) is 16.3 Å². The van der Waals surface area contributed by atoms with Crippen LogP contribution in [0.1, 0.15) is 24.8 Å². The van der Waals surface area contributed by atoms with Gasteiger partial charge in [0, 0.05) is 27.2 Å². The fraction of sp³-hybridized carbons (Fsp3) is 0.417. The van der Waals surface area contributed by atoms with E-state index in [0.717, 1.165) is 41.4 Å². The molecule has 1 unspecified atom stereocenters. The van der Waals surface area contributed by atoms with Crippen LogP contribution in [0.4, 0.5) is 11.4 Å². The van der Waals surface area contributed by atoms with Crippen molar-refractivity contribution in [2.45, 2.75) is 36.6 Å². The summed E-state index contributed by atoms with van der Waals surface area (Å²) in [7, 11) is -0.736. The molecule has 0 aliphatic carbocycles. The standard InChI is InChI=1S/C24H30N4O4S/c1-26(2)33(31,32)19-11-12-20-22(16-19)28(24(30)21-10-6-7-15-27(20)21)17-23(29)25-14-13-18-8-4-3-5-9-18/h3-5,8-9,11-12,16,21H,6-7,10,13-15,17H2,1-2H3,(H,25,29). The SMILES string of the molecule is CN(C)S(=O)(=O)c1ccc2c(c1)N(CC(=O)NCCc1ccccc1)C(=O)C1CCCCN21. The topological polar surface area (TPSA) is 90.0 Å². The Labute approximate surface area is 195 Å². The van der Waals surface area contributed by atoms with Gasteiger partial charge in [-0.1, -0.05) is 30.3 Å². The quantitative estimate of drug-likeness (QED) is 0.669. The summed E-state index contributed by atoms with van der Waals surface area (Å²) in [6, 6.07) is 14.4. The summed E-state index contributed by atoms with van der Waals surface area (Å²) in [6.07, 6.45) is 3.34. The third kappa shape index (κ3) is 4.74. The monoisotopic (exact) mass is 470 g/mol. The molecule has 1 saturated heterocycles. The molecule has 2 amide bonds. The van der Waals surface area contributed by atoms with Crippen molar-refractivity contribution in [1.29, 1.82) is 0 Å². The van der Waals surface area contributed by atoms with Crippen LogP contribution >= 0.6 is 0 Å². The first-order valence-corrected chi connectivity index (χ1v) is 12.7. The second-order valence-corrected chi connectivity index (χ2v) is 10.8. The van der Waals surface area contributed by atoms with Gasteiger partial charge >= 0.3 is 0 Å². The van der Waals surface area contributed by atoms with Gasteiger partial charge in [0.1, 0.15) is 12.6 Å². The van der Waals surface area contributed by atoms with Gasteiger partial charge in [0.2, 0.25) is 21.8 Å². The molecule has 2 aromatic carbocycles. The van der Waals surface area contributed by atoms with E-state index in [4.69, 9.17) is 0 Å². The van der Waals surface area contributed by atoms with Crippen molar-refractivity contribution >= 4 is 33.2 Å². The van der Waals surface area contributed by atoms with Gasteiger partial charge in [-0.05, 0) is 49.4 Å². The molecule has 4 rings (SSSR count). The second-order valence-electron chi connectivity index (χ2n) is 8.65. The van der Waals surface area contributed by atoms with Crippen LogP contribution in [0.3, 0.4) is 0 Å². The highest BCUT2D eigenvalue weighted by Crippen LogP contribution is 2.40. The number of rotatable bonds is 7. The van der Waals surface area contributed by atoms with E-state index in [1.165, 1.54) is 25.1 Å². The Kier molecular flexibility index (Phi) is 6.71. The molecule has 0 saturated carbocycles. The molecule has 176 valence electrons. The molecule has 33 heavy (non-hydrogen) atoms. The number of anilines is 2.